The van der Waals surface area contributed by atoms with E-state index in [1.807, 2.05) is 0 Å². The van der Waals surface area contributed by atoms with Crippen LogP contribution in [0.2, 0.25) is 0 Å². The van der Waals surface area contributed by atoms with Gasteiger partial charge in [-0.15, -0.1) is 0 Å². The molecule has 0 atom stereocenters. The molecule has 0 amide bonds. The third-order valence-corrected chi connectivity index (χ3v) is 2.03. The van der Waals surface area contributed by atoms with Crippen LogP contribution >= 0.6 is 11.6 Å². The van der Waals surface area contributed by atoms with Crippen molar-refractivity contribution in [1.29, 1.82) is 5.26 Å². The summed E-state index contributed by atoms with van der Waals surface area (Å²) in [5, 5.41) is 18.2. The Morgan fingerprint density at radius 2 is 2.19 bits per heavy atom. The first-order valence-electron chi connectivity index (χ1n) is 3.89. The summed E-state index contributed by atoms with van der Waals surface area (Å²) in [6.45, 7) is 0. The predicted octanol–water partition coefficient (Wildman–Crippen LogP) is 1.66. The molecule has 1 aromatic carbocycles. The van der Waals surface area contributed by atoms with Crippen LogP contribution in [-0.2, 0) is 0 Å². The van der Waals surface area contributed by atoms with E-state index in [0.29, 0.717) is 0 Å². The largest absolute Gasteiger partial charge is 0.299 e. The zero-order valence-electron chi connectivity index (χ0n) is 7.64. The standard InChI is InChI=1S/C9H3ClN2O4/c10-9(14)7-6(4-13)2-1-5(3-11)8(7)12(15)16/h1-2,4H. The topological polar surface area (TPSA) is 101 Å². The van der Waals surface area contributed by atoms with Gasteiger partial charge in [0.2, 0.25) is 0 Å². The molecule has 0 unspecified atom stereocenters. The first kappa shape index (κ1) is 11.8. The lowest BCUT2D eigenvalue weighted by molar-refractivity contribution is -0.385. The monoisotopic (exact) mass is 238 g/mol. The molecule has 6 nitrogen and oxygen atoms in total. The molecule has 0 bridgehead atoms. The molecular weight excluding hydrogens is 236 g/mol. The lowest BCUT2D eigenvalue weighted by Crippen LogP contribution is -2.05. The fourth-order valence-electron chi connectivity index (χ4n) is 1.19. The molecular formula is C9H3ClN2O4. The van der Waals surface area contributed by atoms with Gasteiger partial charge in [0.1, 0.15) is 17.2 Å². The average Bonchev–Trinajstić information content (AvgIpc) is 2.26. The van der Waals surface area contributed by atoms with Crippen molar-refractivity contribution in [2.24, 2.45) is 0 Å². The van der Waals surface area contributed by atoms with Gasteiger partial charge in [-0.1, -0.05) is 0 Å². The highest BCUT2D eigenvalue weighted by Gasteiger charge is 2.27. The first-order chi connectivity index (χ1) is 7.52. The van der Waals surface area contributed by atoms with Crippen LogP contribution in [0.15, 0.2) is 12.1 Å². The molecule has 0 fully saturated rings. The number of benzene rings is 1. The molecule has 80 valence electrons. The van der Waals surface area contributed by atoms with Gasteiger partial charge in [0, 0.05) is 5.56 Å². The van der Waals surface area contributed by atoms with E-state index in [1.165, 1.54) is 0 Å². The second-order valence-electron chi connectivity index (χ2n) is 2.69. The Morgan fingerprint density at radius 1 is 1.56 bits per heavy atom. The summed E-state index contributed by atoms with van der Waals surface area (Å²) in [4.78, 5) is 31.4. The Labute approximate surface area is 94.2 Å². The summed E-state index contributed by atoms with van der Waals surface area (Å²) in [5.74, 6) is 0. The summed E-state index contributed by atoms with van der Waals surface area (Å²) in [5.41, 5.74) is -1.84. The SMILES string of the molecule is N#Cc1ccc(C=O)c(C(=O)Cl)c1[N+](=O)[O-]. The van der Waals surface area contributed by atoms with Gasteiger partial charge in [-0.2, -0.15) is 5.26 Å². The quantitative estimate of drug-likeness (QED) is 0.345. The molecule has 0 spiro atoms. The number of nitrogens with zero attached hydrogens (tertiary/aromatic N) is 2. The lowest BCUT2D eigenvalue weighted by atomic mass is 10.0. The molecule has 0 aliphatic heterocycles. The highest BCUT2D eigenvalue weighted by molar-refractivity contribution is 6.68. The number of carbonyl (C=O) groups excluding carboxylic acids is 2. The Bertz CT molecular complexity index is 533. The number of carbonyl (C=O) groups is 2. The molecule has 1 rings (SSSR count). The minimum Gasteiger partial charge on any atom is -0.298 e. The second kappa shape index (κ2) is 4.51. The number of rotatable bonds is 3. The van der Waals surface area contributed by atoms with Gasteiger partial charge in [-0.3, -0.25) is 19.7 Å². The number of nitro benzene ring substituents is 1. The molecule has 0 aliphatic carbocycles. The summed E-state index contributed by atoms with van der Waals surface area (Å²) in [7, 11) is 0. The Hall–Kier alpha value is -2.26. The molecule has 0 saturated heterocycles. The molecule has 0 heterocycles. The van der Waals surface area contributed by atoms with Gasteiger partial charge in [0.25, 0.3) is 10.9 Å². The van der Waals surface area contributed by atoms with Gasteiger partial charge in [0.05, 0.1) is 4.92 Å². The molecule has 7 heteroatoms. The van der Waals surface area contributed by atoms with E-state index >= 15 is 0 Å². The number of aldehydes is 1. The smallest absolute Gasteiger partial charge is 0.298 e. The normalized spacial score (nSPS) is 9.25. The summed E-state index contributed by atoms with van der Waals surface area (Å²) in [6.07, 6.45) is 0.268. The summed E-state index contributed by atoms with van der Waals surface area (Å²) < 4.78 is 0. The van der Waals surface area contributed by atoms with Crippen molar-refractivity contribution >= 4 is 28.8 Å². The number of halogens is 1. The minimum absolute atomic E-state index is 0.217. The number of hydrogen-bond acceptors (Lipinski definition) is 5. The van der Waals surface area contributed by atoms with E-state index in [1.54, 1.807) is 6.07 Å². The van der Waals surface area contributed by atoms with Gasteiger partial charge in [0.15, 0.2) is 6.29 Å². The third kappa shape index (κ3) is 1.89. The van der Waals surface area contributed by atoms with Crippen molar-refractivity contribution in [3.8, 4) is 6.07 Å². The van der Waals surface area contributed by atoms with Crippen LogP contribution in [-0.4, -0.2) is 16.5 Å². The maximum atomic E-state index is 11.0. The zero-order chi connectivity index (χ0) is 12.3. The van der Waals surface area contributed by atoms with Crippen LogP contribution in [0.5, 0.6) is 0 Å². The van der Waals surface area contributed by atoms with E-state index in [4.69, 9.17) is 16.9 Å². The van der Waals surface area contributed by atoms with Crippen molar-refractivity contribution in [1.82, 2.24) is 0 Å². The van der Waals surface area contributed by atoms with Crippen molar-refractivity contribution in [3.05, 3.63) is 38.9 Å². The lowest BCUT2D eigenvalue weighted by Gasteiger charge is -2.02. The summed E-state index contributed by atoms with van der Waals surface area (Å²) in [6, 6.07) is 3.78. The van der Waals surface area contributed by atoms with Crippen LogP contribution in [0.1, 0.15) is 26.3 Å². The molecule has 0 saturated carbocycles. The Morgan fingerprint density at radius 3 is 2.56 bits per heavy atom. The number of hydrogen-bond donors (Lipinski definition) is 0. The van der Waals surface area contributed by atoms with Crippen LogP contribution in [0.3, 0.4) is 0 Å². The molecule has 0 aromatic heterocycles. The van der Waals surface area contributed by atoms with Crippen molar-refractivity contribution < 1.29 is 14.5 Å². The van der Waals surface area contributed by atoms with E-state index < -0.39 is 21.4 Å². The van der Waals surface area contributed by atoms with Crippen molar-refractivity contribution in [2.45, 2.75) is 0 Å². The first-order valence-corrected chi connectivity index (χ1v) is 4.27. The number of nitriles is 1. The number of nitro groups is 1. The van der Waals surface area contributed by atoms with Crippen LogP contribution in [0, 0.1) is 21.4 Å². The average molecular weight is 239 g/mol. The fourth-order valence-corrected chi connectivity index (χ4v) is 1.39. The van der Waals surface area contributed by atoms with Crippen LogP contribution in [0.25, 0.3) is 0 Å². The third-order valence-electron chi connectivity index (χ3n) is 1.84. The molecule has 0 aliphatic rings. The Kier molecular flexibility index (Phi) is 3.33. The van der Waals surface area contributed by atoms with Gasteiger partial charge < -0.3 is 0 Å². The fraction of sp³-hybridized carbons (Fsp3) is 0. The zero-order valence-corrected chi connectivity index (χ0v) is 8.39. The van der Waals surface area contributed by atoms with E-state index in [0.717, 1.165) is 12.1 Å². The highest BCUT2D eigenvalue weighted by Crippen LogP contribution is 2.27. The Balaban J connectivity index is 3.75. The van der Waals surface area contributed by atoms with Gasteiger partial charge >= 0.3 is 0 Å². The highest BCUT2D eigenvalue weighted by atomic mass is 35.5. The predicted molar refractivity (Wildman–Crippen MR) is 53.4 cm³/mol. The van der Waals surface area contributed by atoms with Crippen molar-refractivity contribution in [2.75, 3.05) is 0 Å². The maximum Gasteiger partial charge on any atom is 0.299 e. The molecule has 0 N–H and O–H groups in total. The molecule has 0 radical (unpaired) electrons. The van der Waals surface area contributed by atoms with Gasteiger partial charge in [-0.05, 0) is 23.7 Å². The van der Waals surface area contributed by atoms with E-state index in [9.17, 15) is 19.7 Å². The van der Waals surface area contributed by atoms with E-state index in [-0.39, 0.29) is 17.4 Å². The van der Waals surface area contributed by atoms with Crippen LogP contribution in [0.4, 0.5) is 5.69 Å². The van der Waals surface area contributed by atoms with Crippen LogP contribution < -0.4 is 0 Å². The second-order valence-corrected chi connectivity index (χ2v) is 3.03. The molecule has 1 aromatic rings. The van der Waals surface area contributed by atoms with Crippen molar-refractivity contribution in [3.63, 3.8) is 0 Å². The summed E-state index contributed by atoms with van der Waals surface area (Å²) >= 11 is 5.15. The molecule has 16 heavy (non-hydrogen) atoms. The maximum absolute atomic E-state index is 11.0. The minimum atomic E-state index is -1.15. The van der Waals surface area contributed by atoms with Gasteiger partial charge in [-0.25, -0.2) is 0 Å². The van der Waals surface area contributed by atoms with E-state index in [2.05, 4.69) is 0 Å².